The van der Waals surface area contributed by atoms with Crippen LogP contribution in [0.4, 0.5) is 0 Å². The Morgan fingerprint density at radius 3 is 3.24 bits per heavy atom. The van der Waals surface area contributed by atoms with E-state index in [-0.39, 0.29) is 11.7 Å². The lowest BCUT2D eigenvalue weighted by Gasteiger charge is -2.16. The third kappa shape index (κ3) is 2.25. The van der Waals surface area contributed by atoms with E-state index in [9.17, 15) is 4.79 Å². The number of nitrogens with zero attached hydrogens (tertiary/aromatic N) is 1. The topological polar surface area (TPSA) is 67.0 Å². The van der Waals surface area contributed by atoms with Gasteiger partial charge in [0.05, 0.1) is 17.4 Å². The molecule has 0 aliphatic carbocycles. The highest BCUT2D eigenvalue weighted by molar-refractivity contribution is 5.20. The molecule has 5 nitrogen and oxygen atoms in total. The molecule has 1 unspecified atom stereocenters. The monoisotopic (exact) mass is 235 g/mol. The predicted molar refractivity (Wildman–Crippen MR) is 62.9 cm³/mol. The molecule has 1 saturated heterocycles. The van der Waals surface area contributed by atoms with Crippen LogP contribution in [0.2, 0.25) is 0 Å². The molecule has 0 bridgehead atoms. The van der Waals surface area contributed by atoms with Gasteiger partial charge in [-0.1, -0.05) is 0 Å². The SMILES string of the molecule is O=c1[nH]c(CC2CCCO2)nc2c1CNCC2. The number of fused-ring (bicyclic) bond motifs is 1. The molecular formula is C12H17N3O2. The van der Waals surface area contributed by atoms with Crippen molar-refractivity contribution in [2.24, 2.45) is 0 Å². The van der Waals surface area contributed by atoms with Crippen molar-refractivity contribution in [1.29, 1.82) is 0 Å². The first-order valence-corrected chi connectivity index (χ1v) is 6.26. The Labute approximate surface area is 99.6 Å². The fourth-order valence-corrected chi connectivity index (χ4v) is 2.52. The fraction of sp³-hybridized carbons (Fsp3) is 0.667. The zero-order valence-corrected chi connectivity index (χ0v) is 9.79. The molecule has 0 aromatic carbocycles. The molecule has 1 aromatic heterocycles. The van der Waals surface area contributed by atoms with E-state index in [1.165, 1.54) is 0 Å². The number of aromatic nitrogens is 2. The Hall–Kier alpha value is -1.20. The van der Waals surface area contributed by atoms with E-state index in [1.807, 2.05) is 0 Å². The van der Waals surface area contributed by atoms with Gasteiger partial charge in [0.15, 0.2) is 0 Å². The summed E-state index contributed by atoms with van der Waals surface area (Å²) in [5.41, 5.74) is 1.77. The summed E-state index contributed by atoms with van der Waals surface area (Å²) in [5.74, 6) is 0.780. The van der Waals surface area contributed by atoms with Gasteiger partial charge in [0.2, 0.25) is 0 Å². The summed E-state index contributed by atoms with van der Waals surface area (Å²) >= 11 is 0. The zero-order chi connectivity index (χ0) is 11.7. The van der Waals surface area contributed by atoms with Crippen molar-refractivity contribution in [3.8, 4) is 0 Å². The van der Waals surface area contributed by atoms with Gasteiger partial charge in [-0.25, -0.2) is 4.98 Å². The van der Waals surface area contributed by atoms with Gasteiger partial charge in [0.25, 0.3) is 5.56 Å². The highest BCUT2D eigenvalue weighted by atomic mass is 16.5. The second kappa shape index (κ2) is 4.58. The minimum absolute atomic E-state index is 0.00944. The standard InChI is InChI=1S/C12H17N3O2/c16-12-9-7-13-4-3-10(9)14-11(15-12)6-8-2-1-5-17-8/h8,13H,1-7H2,(H,14,15,16). The molecule has 2 aliphatic rings. The average Bonchev–Trinajstić information content (AvgIpc) is 2.82. The van der Waals surface area contributed by atoms with Crippen LogP contribution < -0.4 is 10.9 Å². The van der Waals surface area contributed by atoms with Gasteiger partial charge in [0, 0.05) is 32.5 Å². The number of rotatable bonds is 2. The van der Waals surface area contributed by atoms with Gasteiger partial charge in [-0.15, -0.1) is 0 Å². The van der Waals surface area contributed by atoms with E-state index in [1.54, 1.807) is 0 Å². The summed E-state index contributed by atoms with van der Waals surface area (Å²) in [5, 5.41) is 3.19. The summed E-state index contributed by atoms with van der Waals surface area (Å²) in [6.07, 6.45) is 4.00. The highest BCUT2D eigenvalue weighted by Crippen LogP contribution is 2.15. The first-order chi connectivity index (χ1) is 8.33. The van der Waals surface area contributed by atoms with Crippen LogP contribution in [0.1, 0.15) is 29.9 Å². The Morgan fingerprint density at radius 1 is 1.47 bits per heavy atom. The Balaban J connectivity index is 1.85. The second-order valence-electron chi connectivity index (χ2n) is 4.70. The molecule has 17 heavy (non-hydrogen) atoms. The van der Waals surface area contributed by atoms with Crippen LogP contribution in [-0.4, -0.2) is 29.2 Å². The molecule has 1 fully saturated rings. The molecular weight excluding hydrogens is 218 g/mol. The van der Waals surface area contributed by atoms with Crippen molar-refractivity contribution in [3.63, 3.8) is 0 Å². The van der Waals surface area contributed by atoms with Crippen LogP contribution in [0.25, 0.3) is 0 Å². The number of H-pyrrole nitrogens is 1. The van der Waals surface area contributed by atoms with E-state index in [4.69, 9.17) is 4.74 Å². The van der Waals surface area contributed by atoms with Gasteiger partial charge >= 0.3 is 0 Å². The lowest BCUT2D eigenvalue weighted by molar-refractivity contribution is 0.109. The molecule has 92 valence electrons. The molecule has 3 rings (SSSR count). The third-order valence-electron chi connectivity index (χ3n) is 3.44. The molecule has 5 heteroatoms. The molecule has 2 N–H and O–H groups in total. The normalized spacial score (nSPS) is 23.6. The molecule has 1 aromatic rings. The quantitative estimate of drug-likeness (QED) is 0.765. The molecule has 0 spiro atoms. The number of hydrogen-bond acceptors (Lipinski definition) is 4. The highest BCUT2D eigenvalue weighted by Gasteiger charge is 2.20. The van der Waals surface area contributed by atoms with Gasteiger partial charge in [0.1, 0.15) is 5.82 Å². The largest absolute Gasteiger partial charge is 0.378 e. The Morgan fingerprint density at radius 2 is 2.41 bits per heavy atom. The van der Waals surface area contributed by atoms with Gasteiger partial charge in [-0.3, -0.25) is 4.79 Å². The van der Waals surface area contributed by atoms with Crippen LogP contribution in [0.15, 0.2) is 4.79 Å². The molecule has 0 amide bonds. The summed E-state index contributed by atoms with van der Waals surface area (Å²) in [6.45, 7) is 2.38. The maximum Gasteiger partial charge on any atom is 0.255 e. The van der Waals surface area contributed by atoms with Crippen molar-refractivity contribution in [2.45, 2.75) is 38.3 Å². The van der Waals surface area contributed by atoms with E-state index >= 15 is 0 Å². The smallest absolute Gasteiger partial charge is 0.255 e. The maximum atomic E-state index is 11.9. The molecule has 0 saturated carbocycles. The van der Waals surface area contributed by atoms with Crippen LogP contribution in [0.5, 0.6) is 0 Å². The van der Waals surface area contributed by atoms with E-state index < -0.39 is 0 Å². The van der Waals surface area contributed by atoms with Gasteiger partial charge in [-0.05, 0) is 12.8 Å². The number of aromatic amines is 1. The van der Waals surface area contributed by atoms with E-state index in [0.717, 1.165) is 55.9 Å². The fourth-order valence-electron chi connectivity index (χ4n) is 2.52. The van der Waals surface area contributed by atoms with Crippen molar-refractivity contribution < 1.29 is 4.74 Å². The van der Waals surface area contributed by atoms with Crippen molar-refractivity contribution >= 4 is 0 Å². The summed E-state index contributed by atoms with van der Waals surface area (Å²) in [7, 11) is 0. The molecule has 1 atom stereocenters. The van der Waals surface area contributed by atoms with E-state index in [0.29, 0.717) is 6.54 Å². The second-order valence-corrected chi connectivity index (χ2v) is 4.70. The van der Waals surface area contributed by atoms with Crippen LogP contribution in [0, 0.1) is 0 Å². The maximum absolute atomic E-state index is 11.9. The average molecular weight is 235 g/mol. The lowest BCUT2D eigenvalue weighted by atomic mass is 10.1. The Kier molecular flexibility index (Phi) is 2.94. The molecule has 0 radical (unpaired) electrons. The lowest BCUT2D eigenvalue weighted by Crippen LogP contribution is -2.32. The number of ether oxygens (including phenoxy) is 1. The van der Waals surface area contributed by atoms with Crippen molar-refractivity contribution in [1.82, 2.24) is 15.3 Å². The summed E-state index contributed by atoms with van der Waals surface area (Å²) in [6, 6.07) is 0. The van der Waals surface area contributed by atoms with Crippen molar-refractivity contribution in [2.75, 3.05) is 13.2 Å². The first kappa shape index (κ1) is 10.9. The minimum Gasteiger partial charge on any atom is -0.378 e. The van der Waals surface area contributed by atoms with Crippen LogP contribution >= 0.6 is 0 Å². The minimum atomic E-state index is 0.00944. The molecule has 3 heterocycles. The third-order valence-corrected chi connectivity index (χ3v) is 3.44. The predicted octanol–water partition coefficient (Wildman–Crippen LogP) is 0.137. The van der Waals surface area contributed by atoms with Crippen molar-refractivity contribution in [3.05, 3.63) is 27.4 Å². The Bertz CT molecular complexity index is 463. The number of nitrogens with one attached hydrogen (secondary N) is 2. The molecule has 2 aliphatic heterocycles. The number of hydrogen-bond donors (Lipinski definition) is 2. The first-order valence-electron chi connectivity index (χ1n) is 6.26. The zero-order valence-electron chi connectivity index (χ0n) is 9.79. The van der Waals surface area contributed by atoms with Crippen LogP contribution in [-0.2, 0) is 24.1 Å². The summed E-state index contributed by atoms with van der Waals surface area (Å²) < 4.78 is 5.57. The van der Waals surface area contributed by atoms with E-state index in [2.05, 4.69) is 15.3 Å². The van der Waals surface area contributed by atoms with Crippen LogP contribution in [0.3, 0.4) is 0 Å². The van der Waals surface area contributed by atoms with Gasteiger partial charge < -0.3 is 15.0 Å². The summed E-state index contributed by atoms with van der Waals surface area (Å²) in [4.78, 5) is 19.3. The van der Waals surface area contributed by atoms with Gasteiger partial charge in [-0.2, -0.15) is 0 Å².